The zero-order valence-corrected chi connectivity index (χ0v) is 12.8. The fourth-order valence-electron chi connectivity index (χ4n) is 2.03. The van der Waals surface area contributed by atoms with Gasteiger partial charge in [-0.15, -0.1) is 0 Å². The summed E-state index contributed by atoms with van der Waals surface area (Å²) in [7, 11) is 0. The number of benzene rings is 2. The first kappa shape index (κ1) is 15.5. The Labute approximate surface area is 126 Å². The number of para-hydroxylation sites is 1. The summed E-state index contributed by atoms with van der Waals surface area (Å²) >= 11 is 0. The Morgan fingerprint density at radius 2 is 1.86 bits per heavy atom. The molecule has 0 spiro atoms. The van der Waals surface area contributed by atoms with Crippen LogP contribution < -0.4 is 10.1 Å². The lowest BCUT2D eigenvalue weighted by Gasteiger charge is -2.11. The first-order valence-electron chi connectivity index (χ1n) is 7.29. The summed E-state index contributed by atoms with van der Waals surface area (Å²) in [5, 5.41) is 3.30. The number of hydrogen-bond acceptors (Lipinski definition) is 2. The van der Waals surface area contributed by atoms with Crippen molar-refractivity contribution < 1.29 is 9.13 Å². The maximum absolute atomic E-state index is 14.1. The van der Waals surface area contributed by atoms with E-state index in [-0.39, 0.29) is 11.6 Å². The van der Waals surface area contributed by atoms with Gasteiger partial charge in [-0.1, -0.05) is 38.1 Å². The Bertz CT molecular complexity index is 596. The molecule has 0 saturated carbocycles. The molecular formula is C18H22FNO. The number of nitrogens with one attached hydrogen (secondary N) is 1. The molecule has 0 aliphatic rings. The Hall–Kier alpha value is -1.87. The normalized spacial score (nSPS) is 10.9. The molecule has 0 atom stereocenters. The Morgan fingerprint density at radius 1 is 1.10 bits per heavy atom. The molecule has 0 unspecified atom stereocenters. The Morgan fingerprint density at radius 3 is 2.52 bits per heavy atom. The second-order valence-electron chi connectivity index (χ2n) is 5.66. The van der Waals surface area contributed by atoms with Crippen LogP contribution in [-0.4, -0.2) is 6.54 Å². The van der Waals surface area contributed by atoms with E-state index in [1.54, 1.807) is 6.07 Å². The van der Waals surface area contributed by atoms with Crippen molar-refractivity contribution in [3.05, 3.63) is 59.4 Å². The van der Waals surface area contributed by atoms with Gasteiger partial charge in [-0.2, -0.15) is 0 Å². The molecule has 0 aromatic heterocycles. The van der Waals surface area contributed by atoms with E-state index in [9.17, 15) is 4.39 Å². The minimum absolute atomic E-state index is 0.261. The molecule has 0 fully saturated rings. The van der Waals surface area contributed by atoms with Gasteiger partial charge in [0.15, 0.2) is 11.6 Å². The summed E-state index contributed by atoms with van der Waals surface area (Å²) in [6.45, 7) is 7.82. The van der Waals surface area contributed by atoms with Crippen molar-refractivity contribution in [2.24, 2.45) is 5.92 Å². The van der Waals surface area contributed by atoms with Gasteiger partial charge in [0.1, 0.15) is 5.75 Å². The molecule has 2 aromatic rings. The van der Waals surface area contributed by atoms with Crippen LogP contribution in [0.25, 0.3) is 0 Å². The van der Waals surface area contributed by atoms with Gasteiger partial charge in [-0.05, 0) is 48.7 Å². The average molecular weight is 287 g/mol. The van der Waals surface area contributed by atoms with E-state index in [1.807, 2.05) is 37.3 Å². The monoisotopic (exact) mass is 287 g/mol. The Balaban J connectivity index is 2.04. The molecule has 3 heteroatoms. The molecule has 112 valence electrons. The molecule has 2 aromatic carbocycles. The average Bonchev–Trinajstić information content (AvgIpc) is 2.43. The van der Waals surface area contributed by atoms with Gasteiger partial charge < -0.3 is 10.1 Å². The molecule has 0 saturated heterocycles. The van der Waals surface area contributed by atoms with Crippen molar-refractivity contribution in [3.63, 3.8) is 0 Å². The van der Waals surface area contributed by atoms with Crippen molar-refractivity contribution in [1.82, 2.24) is 5.32 Å². The molecule has 0 bridgehead atoms. The number of ether oxygens (including phenoxy) is 1. The summed E-state index contributed by atoms with van der Waals surface area (Å²) < 4.78 is 19.7. The van der Waals surface area contributed by atoms with Crippen LogP contribution in [0.2, 0.25) is 0 Å². The highest BCUT2D eigenvalue weighted by molar-refractivity contribution is 5.38. The van der Waals surface area contributed by atoms with Crippen LogP contribution in [0.1, 0.15) is 25.0 Å². The molecule has 1 N–H and O–H groups in total. The van der Waals surface area contributed by atoms with E-state index in [1.165, 1.54) is 6.07 Å². The zero-order valence-electron chi connectivity index (χ0n) is 12.8. The smallest absolute Gasteiger partial charge is 0.166 e. The van der Waals surface area contributed by atoms with Crippen LogP contribution in [-0.2, 0) is 6.54 Å². The minimum Gasteiger partial charge on any atom is -0.454 e. The molecule has 0 heterocycles. The molecule has 2 nitrogen and oxygen atoms in total. The van der Waals surface area contributed by atoms with Crippen LogP contribution in [0.3, 0.4) is 0 Å². The van der Waals surface area contributed by atoms with Gasteiger partial charge in [0.05, 0.1) is 0 Å². The predicted molar refractivity (Wildman–Crippen MR) is 84.2 cm³/mol. The summed E-state index contributed by atoms with van der Waals surface area (Å²) in [5.74, 6) is 1.19. The van der Waals surface area contributed by atoms with Gasteiger partial charge in [-0.3, -0.25) is 0 Å². The van der Waals surface area contributed by atoms with Crippen LogP contribution in [0.15, 0.2) is 42.5 Å². The number of aryl methyl sites for hydroxylation is 1. The van der Waals surface area contributed by atoms with E-state index < -0.39 is 0 Å². The van der Waals surface area contributed by atoms with Gasteiger partial charge in [-0.25, -0.2) is 4.39 Å². The van der Waals surface area contributed by atoms with Crippen molar-refractivity contribution in [2.75, 3.05) is 6.54 Å². The van der Waals surface area contributed by atoms with Crippen LogP contribution in [0.5, 0.6) is 11.5 Å². The highest BCUT2D eigenvalue weighted by atomic mass is 19.1. The number of halogens is 1. The van der Waals surface area contributed by atoms with Crippen molar-refractivity contribution >= 4 is 0 Å². The summed E-state index contributed by atoms with van der Waals surface area (Å²) in [5.41, 5.74) is 1.91. The quantitative estimate of drug-likeness (QED) is 0.833. The van der Waals surface area contributed by atoms with Gasteiger partial charge >= 0.3 is 0 Å². The second kappa shape index (κ2) is 7.23. The molecule has 2 rings (SSSR count). The van der Waals surface area contributed by atoms with E-state index in [0.29, 0.717) is 18.2 Å². The minimum atomic E-state index is -0.331. The first-order chi connectivity index (χ1) is 10.1. The van der Waals surface area contributed by atoms with E-state index in [4.69, 9.17) is 4.74 Å². The topological polar surface area (TPSA) is 21.3 Å². The fourth-order valence-corrected chi connectivity index (χ4v) is 2.03. The van der Waals surface area contributed by atoms with Crippen molar-refractivity contribution in [3.8, 4) is 11.5 Å². The summed E-state index contributed by atoms with van der Waals surface area (Å²) in [4.78, 5) is 0. The van der Waals surface area contributed by atoms with Gasteiger partial charge in [0, 0.05) is 6.54 Å². The number of hydrogen-bond donors (Lipinski definition) is 1. The Kier molecular flexibility index (Phi) is 5.34. The highest BCUT2D eigenvalue weighted by Gasteiger charge is 2.07. The van der Waals surface area contributed by atoms with Crippen molar-refractivity contribution in [1.29, 1.82) is 0 Å². The molecule has 0 amide bonds. The highest BCUT2D eigenvalue weighted by Crippen LogP contribution is 2.27. The standard InChI is InChI=1S/C18H22FNO/c1-13(2)11-20-12-15-8-9-18(16(19)10-15)21-17-7-5-4-6-14(17)3/h4-10,13,20H,11-12H2,1-3H3. The molecule has 0 radical (unpaired) electrons. The van der Waals surface area contributed by atoms with Crippen LogP contribution in [0.4, 0.5) is 4.39 Å². The van der Waals surface area contributed by atoms with Crippen LogP contribution >= 0.6 is 0 Å². The van der Waals surface area contributed by atoms with Crippen LogP contribution in [0, 0.1) is 18.7 Å². The first-order valence-corrected chi connectivity index (χ1v) is 7.29. The molecule has 21 heavy (non-hydrogen) atoms. The SMILES string of the molecule is Cc1ccccc1Oc1ccc(CNCC(C)C)cc1F. The van der Waals surface area contributed by atoms with Gasteiger partial charge in [0.2, 0.25) is 0 Å². The third-order valence-electron chi connectivity index (χ3n) is 3.19. The lowest BCUT2D eigenvalue weighted by Crippen LogP contribution is -2.18. The maximum atomic E-state index is 14.1. The third-order valence-corrected chi connectivity index (χ3v) is 3.19. The second-order valence-corrected chi connectivity index (χ2v) is 5.66. The number of rotatable bonds is 6. The lowest BCUT2D eigenvalue weighted by molar-refractivity contribution is 0.438. The predicted octanol–water partition coefficient (Wildman–Crippen LogP) is 4.67. The molecular weight excluding hydrogens is 265 g/mol. The zero-order chi connectivity index (χ0) is 15.2. The molecule has 0 aliphatic heterocycles. The van der Waals surface area contributed by atoms with Crippen molar-refractivity contribution in [2.45, 2.75) is 27.3 Å². The van der Waals surface area contributed by atoms with E-state index >= 15 is 0 Å². The fraction of sp³-hybridized carbons (Fsp3) is 0.333. The maximum Gasteiger partial charge on any atom is 0.166 e. The lowest BCUT2D eigenvalue weighted by atomic mass is 10.2. The third kappa shape index (κ3) is 4.57. The van der Waals surface area contributed by atoms with E-state index in [2.05, 4.69) is 19.2 Å². The molecule has 0 aliphatic carbocycles. The largest absolute Gasteiger partial charge is 0.454 e. The van der Waals surface area contributed by atoms with E-state index in [0.717, 1.165) is 17.7 Å². The summed E-state index contributed by atoms with van der Waals surface area (Å²) in [6.07, 6.45) is 0. The van der Waals surface area contributed by atoms with Gasteiger partial charge in [0.25, 0.3) is 0 Å². The summed E-state index contributed by atoms with van der Waals surface area (Å²) in [6, 6.07) is 12.7.